The number of urea groups is 1. The van der Waals surface area contributed by atoms with E-state index in [0.29, 0.717) is 17.3 Å². The van der Waals surface area contributed by atoms with Crippen molar-refractivity contribution < 1.29 is 28.3 Å². The lowest BCUT2D eigenvalue weighted by Gasteiger charge is -2.26. The SMILES string of the molecule is C[C@@]1(c2ccco2)NC(=O)N(CC(=O)NC[C@@H]2COc3ccccc3O2)C1=O. The minimum atomic E-state index is -1.33. The molecule has 28 heavy (non-hydrogen) atoms. The lowest BCUT2D eigenvalue weighted by Crippen LogP contribution is -2.46. The van der Waals surface area contributed by atoms with Crippen LogP contribution in [0.5, 0.6) is 11.5 Å². The largest absolute Gasteiger partial charge is 0.486 e. The van der Waals surface area contributed by atoms with Gasteiger partial charge in [0.1, 0.15) is 25.0 Å². The summed E-state index contributed by atoms with van der Waals surface area (Å²) in [4.78, 5) is 38.0. The van der Waals surface area contributed by atoms with Gasteiger partial charge in [-0.2, -0.15) is 0 Å². The Kier molecular flexibility index (Phi) is 4.42. The molecule has 2 aromatic rings. The monoisotopic (exact) mass is 385 g/mol. The zero-order valence-electron chi connectivity index (χ0n) is 15.1. The van der Waals surface area contributed by atoms with Gasteiger partial charge in [-0.15, -0.1) is 0 Å². The van der Waals surface area contributed by atoms with E-state index in [0.717, 1.165) is 4.90 Å². The van der Waals surface area contributed by atoms with Crippen LogP contribution in [-0.4, -0.2) is 48.5 Å². The van der Waals surface area contributed by atoms with E-state index in [2.05, 4.69) is 10.6 Å². The molecule has 0 spiro atoms. The Morgan fingerprint density at radius 3 is 2.79 bits per heavy atom. The molecule has 4 amide bonds. The molecule has 146 valence electrons. The predicted molar refractivity (Wildman–Crippen MR) is 95.7 cm³/mol. The molecule has 9 nitrogen and oxygen atoms in total. The number of carbonyl (C=O) groups excluding carboxylic acids is 3. The van der Waals surface area contributed by atoms with E-state index >= 15 is 0 Å². The first-order chi connectivity index (χ1) is 13.5. The lowest BCUT2D eigenvalue weighted by atomic mass is 9.99. The van der Waals surface area contributed by atoms with Crippen molar-refractivity contribution in [3.8, 4) is 11.5 Å². The minimum absolute atomic E-state index is 0.187. The molecule has 0 aliphatic carbocycles. The molecule has 1 fully saturated rings. The maximum Gasteiger partial charge on any atom is 0.325 e. The first-order valence-electron chi connectivity index (χ1n) is 8.80. The molecule has 1 saturated heterocycles. The molecule has 1 aromatic heterocycles. The molecule has 4 rings (SSSR count). The van der Waals surface area contributed by atoms with E-state index in [-0.39, 0.29) is 19.3 Å². The number of amides is 4. The second-order valence-corrected chi connectivity index (χ2v) is 6.73. The van der Waals surface area contributed by atoms with E-state index < -0.39 is 29.9 Å². The van der Waals surface area contributed by atoms with E-state index in [1.165, 1.54) is 13.2 Å². The summed E-state index contributed by atoms with van der Waals surface area (Å²) in [5.74, 6) is 0.543. The van der Waals surface area contributed by atoms with E-state index in [1.54, 1.807) is 24.3 Å². The third-order valence-electron chi connectivity index (χ3n) is 4.69. The van der Waals surface area contributed by atoms with Crippen LogP contribution < -0.4 is 20.1 Å². The van der Waals surface area contributed by atoms with Crippen LogP contribution in [0, 0.1) is 0 Å². The van der Waals surface area contributed by atoms with Gasteiger partial charge < -0.3 is 24.5 Å². The molecule has 1 aromatic carbocycles. The van der Waals surface area contributed by atoms with Crippen molar-refractivity contribution in [2.24, 2.45) is 0 Å². The molecule has 2 N–H and O–H groups in total. The van der Waals surface area contributed by atoms with Gasteiger partial charge in [-0.05, 0) is 31.2 Å². The number of hydrogen-bond donors (Lipinski definition) is 2. The molecule has 3 heterocycles. The van der Waals surface area contributed by atoms with Crippen LogP contribution in [0.25, 0.3) is 0 Å². The van der Waals surface area contributed by atoms with Crippen molar-refractivity contribution in [2.45, 2.75) is 18.6 Å². The maximum atomic E-state index is 12.7. The molecular formula is C19H19N3O6. The van der Waals surface area contributed by atoms with Crippen molar-refractivity contribution in [3.63, 3.8) is 0 Å². The summed E-state index contributed by atoms with van der Waals surface area (Å²) >= 11 is 0. The Labute approximate surface area is 160 Å². The number of nitrogens with zero attached hydrogens (tertiary/aromatic N) is 1. The van der Waals surface area contributed by atoms with E-state index in [1.807, 2.05) is 12.1 Å². The number of para-hydroxylation sites is 2. The number of fused-ring (bicyclic) bond motifs is 1. The lowest BCUT2D eigenvalue weighted by molar-refractivity contribution is -0.135. The highest BCUT2D eigenvalue weighted by atomic mass is 16.6. The second-order valence-electron chi connectivity index (χ2n) is 6.73. The number of ether oxygens (including phenoxy) is 2. The Morgan fingerprint density at radius 1 is 1.25 bits per heavy atom. The van der Waals surface area contributed by atoms with Crippen molar-refractivity contribution in [1.82, 2.24) is 15.5 Å². The summed E-state index contributed by atoms with van der Waals surface area (Å²) < 4.78 is 16.6. The van der Waals surface area contributed by atoms with E-state index in [4.69, 9.17) is 13.9 Å². The first kappa shape index (κ1) is 17.9. The van der Waals surface area contributed by atoms with Gasteiger partial charge in [0.25, 0.3) is 5.91 Å². The molecule has 0 saturated carbocycles. The number of imide groups is 1. The molecule has 9 heteroatoms. The topological polar surface area (TPSA) is 110 Å². The van der Waals surface area contributed by atoms with Gasteiger partial charge >= 0.3 is 6.03 Å². The maximum absolute atomic E-state index is 12.7. The van der Waals surface area contributed by atoms with Crippen LogP contribution >= 0.6 is 0 Å². The van der Waals surface area contributed by atoms with Crippen molar-refractivity contribution in [2.75, 3.05) is 19.7 Å². The van der Waals surface area contributed by atoms with Crippen LogP contribution in [0.4, 0.5) is 4.79 Å². The Hall–Kier alpha value is -3.49. The van der Waals surface area contributed by atoms with Gasteiger partial charge in [-0.25, -0.2) is 4.79 Å². The number of carbonyl (C=O) groups is 3. The van der Waals surface area contributed by atoms with Crippen molar-refractivity contribution >= 4 is 17.8 Å². The number of rotatable bonds is 5. The summed E-state index contributed by atoms with van der Waals surface area (Å²) in [6, 6.07) is 9.84. The average Bonchev–Trinajstić information content (AvgIpc) is 3.31. The molecule has 2 atom stereocenters. The van der Waals surface area contributed by atoms with Gasteiger partial charge in [0.2, 0.25) is 5.91 Å². The standard InChI is InChI=1S/C19H19N3O6/c1-19(15-7-4-8-26-15)17(24)22(18(25)21-19)10-16(23)20-9-12-11-27-13-5-2-3-6-14(13)28-12/h2-8,12H,9-11H2,1H3,(H,20,23)(H,21,25)/t12-,19+/m1/s1. The highest BCUT2D eigenvalue weighted by molar-refractivity contribution is 6.08. The van der Waals surface area contributed by atoms with Crippen molar-refractivity contribution in [3.05, 3.63) is 48.4 Å². The average molecular weight is 385 g/mol. The number of hydrogen-bond acceptors (Lipinski definition) is 6. The number of furan rings is 1. The number of benzene rings is 1. The first-order valence-corrected chi connectivity index (χ1v) is 8.80. The summed E-state index contributed by atoms with van der Waals surface area (Å²) in [6.07, 6.45) is 1.05. The fourth-order valence-corrected chi connectivity index (χ4v) is 3.16. The van der Waals surface area contributed by atoms with Crippen LogP contribution in [0.15, 0.2) is 47.1 Å². The van der Waals surface area contributed by atoms with E-state index in [9.17, 15) is 14.4 Å². The molecule has 0 bridgehead atoms. The van der Waals surface area contributed by atoms with Gasteiger partial charge in [0.05, 0.1) is 12.8 Å². The third kappa shape index (κ3) is 3.15. The molecule has 0 radical (unpaired) electrons. The van der Waals surface area contributed by atoms with Crippen LogP contribution in [0.3, 0.4) is 0 Å². The molecular weight excluding hydrogens is 366 g/mol. The summed E-state index contributed by atoms with van der Waals surface area (Å²) in [6.45, 7) is 1.61. The fourth-order valence-electron chi connectivity index (χ4n) is 3.16. The zero-order chi connectivity index (χ0) is 19.7. The summed E-state index contributed by atoms with van der Waals surface area (Å²) in [7, 11) is 0. The quantitative estimate of drug-likeness (QED) is 0.743. The Morgan fingerprint density at radius 2 is 2.04 bits per heavy atom. The van der Waals surface area contributed by atoms with Gasteiger partial charge in [-0.3, -0.25) is 14.5 Å². The summed E-state index contributed by atoms with van der Waals surface area (Å²) in [5, 5.41) is 5.25. The van der Waals surface area contributed by atoms with Gasteiger partial charge in [0.15, 0.2) is 17.0 Å². The highest BCUT2D eigenvalue weighted by Gasteiger charge is 2.51. The molecule has 2 aliphatic rings. The predicted octanol–water partition coefficient (Wildman–Crippen LogP) is 1.00. The van der Waals surface area contributed by atoms with Crippen molar-refractivity contribution in [1.29, 1.82) is 0 Å². The minimum Gasteiger partial charge on any atom is -0.486 e. The molecule has 2 aliphatic heterocycles. The normalized spacial score (nSPS) is 23.5. The van der Waals surface area contributed by atoms with Gasteiger partial charge in [0, 0.05) is 0 Å². The Bertz CT molecular complexity index is 912. The Balaban J connectivity index is 1.33. The number of nitrogens with one attached hydrogen (secondary N) is 2. The summed E-state index contributed by atoms with van der Waals surface area (Å²) in [5.41, 5.74) is -1.33. The zero-order valence-corrected chi connectivity index (χ0v) is 15.1. The second kappa shape index (κ2) is 6.91. The third-order valence-corrected chi connectivity index (χ3v) is 4.69. The van der Waals surface area contributed by atoms with Crippen LogP contribution in [0.1, 0.15) is 12.7 Å². The smallest absolute Gasteiger partial charge is 0.325 e. The van der Waals surface area contributed by atoms with Gasteiger partial charge in [-0.1, -0.05) is 12.1 Å². The highest BCUT2D eigenvalue weighted by Crippen LogP contribution is 2.31. The van der Waals surface area contributed by atoms with Crippen LogP contribution in [-0.2, 0) is 15.1 Å². The molecule has 0 unspecified atom stereocenters. The fraction of sp³-hybridized carbons (Fsp3) is 0.316. The van der Waals surface area contributed by atoms with Crippen LogP contribution in [0.2, 0.25) is 0 Å².